The molecule has 0 saturated heterocycles. The number of hydrogen-bond donors (Lipinski definition) is 1. The fourth-order valence-electron chi connectivity index (χ4n) is 1.53. The Bertz CT molecular complexity index is 241. The lowest BCUT2D eigenvalue weighted by Gasteiger charge is -2.22. The molecule has 13 heavy (non-hydrogen) atoms. The summed E-state index contributed by atoms with van der Waals surface area (Å²) in [5.41, 5.74) is 1.21. The van der Waals surface area contributed by atoms with Gasteiger partial charge in [-0.3, -0.25) is 0 Å². The van der Waals surface area contributed by atoms with Gasteiger partial charge in [-0.05, 0) is 11.5 Å². The normalized spacial score (nSPS) is 15.8. The third-order valence-electron chi connectivity index (χ3n) is 2.52. The Morgan fingerprint density at radius 1 is 1.00 bits per heavy atom. The summed E-state index contributed by atoms with van der Waals surface area (Å²) in [5.74, 6) is 0.538. The molecule has 1 heteroatoms. The molecule has 0 amide bonds. The van der Waals surface area contributed by atoms with Crippen LogP contribution in [0.15, 0.2) is 30.3 Å². The van der Waals surface area contributed by atoms with E-state index in [1.54, 1.807) is 0 Å². The maximum absolute atomic E-state index is 9.85. The van der Waals surface area contributed by atoms with Gasteiger partial charge >= 0.3 is 0 Å². The Morgan fingerprint density at radius 3 is 2.00 bits per heavy atom. The van der Waals surface area contributed by atoms with Gasteiger partial charge in [-0.2, -0.15) is 0 Å². The van der Waals surface area contributed by atoms with E-state index in [0.717, 1.165) is 0 Å². The molecule has 1 nitrogen and oxygen atoms in total. The first kappa shape index (κ1) is 10.3. The minimum atomic E-state index is -0.248. The van der Waals surface area contributed by atoms with Gasteiger partial charge in [-0.1, -0.05) is 51.1 Å². The Balaban J connectivity index is 2.73. The van der Waals surface area contributed by atoms with Crippen molar-refractivity contribution in [3.8, 4) is 0 Å². The zero-order valence-electron chi connectivity index (χ0n) is 8.57. The van der Waals surface area contributed by atoms with Crippen molar-refractivity contribution in [3.05, 3.63) is 35.9 Å². The average Bonchev–Trinajstić information content (AvgIpc) is 2.17. The molecule has 0 spiro atoms. The van der Waals surface area contributed by atoms with Crippen LogP contribution in [0.1, 0.15) is 32.3 Å². The van der Waals surface area contributed by atoms with E-state index in [4.69, 9.17) is 0 Å². The fourth-order valence-corrected chi connectivity index (χ4v) is 1.53. The molecule has 0 heterocycles. The van der Waals surface area contributed by atoms with Gasteiger partial charge in [0.1, 0.15) is 0 Å². The van der Waals surface area contributed by atoms with Gasteiger partial charge in [-0.15, -0.1) is 0 Å². The maximum atomic E-state index is 9.85. The van der Waals surface area contributed by atoms with Crippen LogP contribution in [-0.2, 0) is 0 Å². The van der Waals surface area contributed by atoms with Crippen molar-refractivity contribution in [2.45, 2.75) is 32.8 Å². The average molecular weight is 178 g/mol. The first-order valence-corrected chi connectivity index (χ1v) is 4.86. The number of aliphatic hydroxyl groups excluding tert-OH is 1. The van der Waals surface area contributed by atoms with Crippen LogP contribution in [0.5, 0.6) is 0 Å². The summed E-state index contributed by atoms with van der Waals surface area (Å²) >= 11 is 0. The number of aliphatic hydroxyl groups is 1. The third kappa shape index (κ3) is 2.56. The molecule has 1 aromatic carbocycles. The van der Waals surface area contributed by atoms with E-state index in [-0.39, 0.29) is 12.0 Å². The second-order valence-corrected chi connectivity index (χ2v) is 3.93. The van der Waals surface area contributed by atoms with Crippen molar-refractivity contribution in [1.29, 1.82) is 0 Å². The smallest absolute Gasteiger partial charge is 0.0628 e. The SMILES string of the molecule is CC(C)[C@@H](O)[C@@H](C)c1ccccc1. The number of benzene rings is 1. The van der Waals surface area contributed by atoms with E-state index in [9.17, 15) is 5.11 Å². The van der Waals surface area contributed by atoms with Crippen LogP contribution < -0.4 is 0 Å². The van der Waals surface area contributed by atoms with Gasteiger partial charge in [0, 0.05) is 5.92 Å². The molecule has 1 rings (SSSR count). The van der Waals surface area contributed by atoms with Crippen molar-refractivity contribution in [3.63, 3.8) is 0 Å². The Kier molecular flexibility index (Phi) is 3.49. The lowest BCUT2D eigenvalue weighted by molar-refractivity contribution is 0.102. The lowest BCUT2D eigenvalue weighted by atomic mass is 9.89. The van der Waals surface area contributed by atoms with E-state index in [2.05, 4.69) is 19.1 Å². The Morgan fingerprint density at radius 2 is 1.54 bits per heavy atom. The van der Waals surface area contributed by atoms with Crippen molar-refractivity contribution < 1.29 is 5.11 Å². The highest BCUT2D eigenvalue weighted by atomic mass is 16.3. The molecule has 72 valence electrons. The summed E-state index contributed by atoms with van der Waals surface area (Å²) in [4.78, 5) is 0. The first-order valence-electron chi connectivity index (χ1n) is 4.86. The van der Waals surface area contributed by atoms with Gasteiger partial charge in [0.25, 0.3) is 0 Å². The molecule has 0 saturated carbocycles. The minimum absolute atomic E-state index is 0.223. The summed E-state index contributed by atoms with van der Waals surface area (Å²) in [5, 5.41) is 9.85. The molecule has 0 aliphatic carbocycles. The molecule has 1 N–H and O–H groups in total. The van der Waals surface area contributed by atoms with Crippen molar-refractivity contribution in [1.82, 2.24) is 0 Å². The van der Waals surface area contributed by atoms with Crippen molar-refractivity contribution >= 4 is 0 Å². The highest BCUT2D eigenvalue weighted by Crippen LogP contribution is 2.23. The molecule has 0 radical (unpaired) electrons. The molecular formula is C12H18O. The zero-order valence-corrected chi connectivity index (χ0v) is 8.57. The molecule has 0 aromatic heterocycles. The maximum Gasteiger partial charge on any atom is 0.0628 e. The zero-order chi connectivity index (χ0) is 9.84. The van der Waals surface area contributed by atoms with Gasteiger partial charge in [-0.25, -0.2) is 0 Å². The van der Waals surface area contributed by atoms with Crippen LogP contribution in [0.4, 0.5) is 0 Å². The van der Waals surface area contributed by atoms with Gasteiger partial charge in [0.15, 0.2) is 0 Å². The van der Waals surface area contributed by atoms with Gasteiger partial charge in [0.2, 0.25) is 0 Å². The number of hydrogen-bond acceptors (Lipinski definition) is 1. The Hall–Kier alpha value is -0.820. The van der Waals surface area contributed by atoms with Crippen LogP contribution in [0, 0.1) is 5.92 Å². The highest BCUT2D eigenvalue weighted by Gasteiger charge is 2.18. The van der Waals surface area contributed by atoms with E-state index in [1.165, 1.54) is 5.56 Å². The molecule has 0 fully saturated rings. The second kappa shape index (κ2) is 4.43. The van der Waals surface area contributed by atoms with Gasteiger partial charge in [0.05, 0.1) is 6.10 Å². The van der Waals surface area contributed by atoms with Crippen molar-refractivity contribution in [2.75, 3.05) is 0 Å². The first-order chi connectivity index (χ1) is 6.13. The summed E-state index contributed by atoms with van der Waals surface area (Å²) in [6.07, 6.45) is -0.248. The number of rotatable bonds is 3. The summed E-state index contributed by atoms with van der Waals surface area (Å²) in [6, 6.07) is 10.2. The van der Waals surface area contributed by atoms with E-state index in [1.807, 2.05) is 32.0 Å². The second-order valence-electron chi connectivity index (χ2n) is 3.93. The monoisotopic (exact) mass is 178 g/mol. The topological polar surface area (TPSA) is 20.2 Å². The molecular weight excluding hydrogens is 160 g/mol. The summed E-state index contributed by atoms with van der Waals surface area (Å²) < 4.78 is 0. The van der Waals surface area contributed by atoms with Crippen molar-refractivity contribution in [2.24, 2.45) is 5.92 Å². The largest absolute Gasteiger partial charge is 0.392 e. The molecule has 2 atom stereocenters. The summed E-state index contributed by atoms with van der Waals surface area (Å²) in [7, 11) is 0. The highest BCUT2D eigenvalue weighted by molar-refractivity contribution is 5.19. The molecule has 1 aromatic rings. The quantitative estimate of drug-likeness (QED) is 0.754. The third-order valence-corrected chi connectivity index (χ3v) is 2.52. The molecule has 0 aliphatic rings. The predicted molar refractivity (Wildman–Crippen MR) is 55.7 cm³/mol. The predicted octanol–water partition coefficient (Wildman–Crippen LogP) is 2.81. The van der Waals surface area contributed by atoms with Crippen LogP contribution >= 0.6 is 0 Å². The molecule has 0 bridgehead atoms. The standard InChI is InChI=1S/C12H18O/c1-9(2)12(13)10(3)11-7-5-4-6-8-11/h4-10,12-13H,1-3H3/t10-,12+/m0/s1. The van der Waals surface area contributed by atoms with Crippen LogP contribution in [0.2, 0.25) is 0 Å². The van der Waals surface area contributed by atoms with E-state index >= 15 is 0 Å². The molecule has 0 unspecified atom stereocenters. The van der Waals surface area contributed by atoms with E-state index in [0.29, 0.717) is 5.92 Å². The Labute approximate surface area is 80.4 Å². The van der Waals surface area contributed by atoms with Crippen LogP contribution in [0.25, 0.3) is 0 Å². The van der Waals surface area contributed by atoms with Crippen LogP contribution in [-0.4, -0.2) is 11.2 Å². The van der Waals surface area contributed by atoms with E-state index < -0.39 is 0 Å². The summed E-state index contributed by atoms with van der Waals surface area (Å²) in [6.45, 7) is 6.16. The lowest BCUT2D eigenvalue weighted by Crippen LogP contribution is -2.21. The molecule has 0 aliphatic heterocycles. The van der Waals surface area contributed by atoms with Gasteiger partial charge < -0.3 is 5.11 Å². The fraction of sp³-hybridized carbons (Fsp3) is 0.500. The van der Waals surface area contributed by atoms with Crippen LogP contribution in [0.3, 0.4) is 0 Å². The minimum Gasteiger partial charge on any atom is -0.392 e.